The third-order valence-corrected chi connectivity index (χ3v) is 2.70. The van der Waals surface area contributed by atoms with E-state index in [4.69, 9.17) is 11.5 Å². The lowest BCUT2D eigenvalue weighted by atomic mass is 10.1. The summed E-state index contributed by atoms with van der Waals surface area (Å²) < 4.78 is 0. The van der Waals surface area contributed by atoms with E-state index in [0.717, 1.165) is 5.56 Å². The summed E-state index contributed by atoms with van der Waals surface area (Å²) in [4.78, 5) is 1.19. The molecule has 2 rings (SSSR count). The van der Waals surface area contributed by atoms with Crippen molar-refractivity contribution in [1.82, 2.24) is 0 Å². The molecular weight excluding hydrogens is 180 g/mol. The molecule has 1 aromatic carbocycles. The molecule has 2 nitrogen and oxygen atoms in total. The Morgan fingerprint density at radius 1 is 1.00 bits per heavy atom. The van der Waals surface area contributed by atoms with Crippen molar-refractivity contribution in [3.8, 4) is 10.4 Å². The summed E-state index contributed by atoms with van der Waals surface area (Å²) in [6, 6.07) is 9.69. The first-order valence-corrected chi connectivity index (χ1v) is 4.83. The van der Waals surface area contributed by atoms with Crippen LogP contribution in [0.1, 0.15) is 0 Å². The monoisotopic (exact) mass is 190 g/mol. The molecule has 1 heterocycles. The van der Waals surface area contributed by atoms with Crippen molar-refractivity contribution in [3.05, 3.63) is 35.7 Å². The fourth-order valence-electron chi connectivity index (χ4n) is 1.26. The minimum Gasteiger partial charge on any atom is -0.399 e. The highest BCUT2D eigenvalue weighted by molar-refractivity contribution is 7.13. The van der Waals surface area contributed by atoms with Gasteiger partial charge in [0.15, 0.2) is 0 Å². The van der Waals surface area contributed by atoms with Crippen LogP contribution in [-0.2, 0) is 0 Å². The number of thiophene rings is 1. The zero-order valence-electron chi connectivity index (χ0n) is 7.03. The van der Waals surface area contributed by atoms with Gasteiger partial charge in [-0.05, 0) is 35.2 Å². The van der Waals surface area contributed by atoms with Gasteiger partial charge in [-0.1, -0.05) is 6.07 Å². The fraction of sp³-hybridized carbons (Fsp3) is 0. The second-order valence-electron chi connectivity index (χ2n) is 2.87. The van der Waals surface area contributed by atoms with Gasteiger partial charge >= 0.3 is 0 Å². The van der Waals surface area contributed by atoms with Crippen LogP contribution in [0.5, 0.6) is 0 Å². The van der Waals surface area contributed by atoms with Gasteiger partial charge in [0.2, 0.25) is 0 Å². The van der Waals surface area contributed by atoms with Crippen LogP contribution in [0.15, 0.2) is 35.7 Å². The van der Waals surface area contributed by atoms with E-state index in [1.54, 1.807) is 17.4 Å². The largest absolute Gasteiger partial charge is 0.399 e. The molecule has 0 amide bonds. The maximum atomic E-state index is 5.69. The van der Waals surface area contributed by atoms with E-state index < -0.39 is 0 Å². The standard InChI is InChI=1S/C10H10N2S/c11-8-4-7(5-9(12)6-8)10-2-1-3-13-10/h1-6H,11-12H2. The second kappa shape index (κ2) is 3.11. The lowest BCUT2D eigenvalue weighted by Crippen LogP contribution is -1.90. The lowest BCUT2D eigenvalue weighted by Gasteiger charge is -2.01. The Morgan fingerprint density at radius 2 is 1.69 bits per heavy atom. The molecular formula is C10H10N2S. The van der Waals surface area contributed by atoms with E-state index in [1.807, 2.05) is 23.6 Å². The predicted octanol–water partition coefficient (Wildman–Crippen LogP) is 2.58. The van der Waals surface area contributed by atoms with E-state index in [0.29, 0.717) is 11.4 Å². The van der Waals surface area contributed by atoms with E-state index >= 15 is 0 Å². The number of anilines is 2. The van der Waals surface area contributed by atoms with Crippen molar-refractivity contribution >= 4 is 22.7 Å². The van der Waals surface area contributed by atoms with Gasteiger partial charge in [0.25, 0.3) is 0 Å². The minimum atomic E-state index is 0.711. The average Bonchev–Trinajstić information content (AvgIpc) is 2.53. The highest BCUT2D eigenvalue weighted by Gasteiger charge is 2.00. The zero-order chi connectivity index (χ0) is 9.26. The first-order valence-electron chi connectivity index (χ1n) is 3.95. The maximum absolute atomic E-state index is 5.69. The van der Waals surface area contributed by atoms with Gasteiger partial charge in [-0.15, -0.1) is 11.3 Å². The molecule has 0 unspecified atom stereocenters. The van der Waals surface area contributed by atoms with E-state index in [9.17, 15) is 0 Å². The molecule has 0 saturated heterocycles. The molecule has 3 heteroatoms. The number of hydrogen-bond acceptors (Lipinski definition) is 3. The van der Waals surface area contributed by atoms with E-state index in [2.05, 4.69) is 6.07 Å². The van der Waals surface area contributed by atoms with Crippen molar-refractivity contribution in [2.24, 2.45) is 0 Å². The molecule has 0 aliphatic carbocycles. The van der Waals surface area contributed by atoms with Crippen LogP contribution in [0.2, 0.25) is 0 Å². The van der Waals surface area contributed by atoms with Crippen molar-refractivity contribution in [3.63, 3.8) is 0 Å². The number of benzene rings is 1. The summed E-state index contributed by atoms with van der Waals surface area (Å²) in [5.74, 6) is 0. The molecule has 0 saturated carbocycles. The summed E-state index contributed by atoms with van der Waals surface area (Å²) >= 11 is 1.68. The predicted molar refractivity (Wildman–Crippen MR) is 58.6 cm³/mol. The Kier molecular flexibility index (Phi) is 1.94. The average molecular weight is 190 g/mol. The fourth-order valence-corrected chi connectivity index (χ4v) is 1.98. The van der Waals surface area contributed by atoms with Crippen LogP contribution >= 0.6 is 11.3 Å². The third kappa shape index (κ3) is 1.65. The van der Waals surface area contributed by atoms with Crippen LogP contribution in [0.25, 0.3) is 10.4 Å². The van der Waals surface area contributed by atoms with Gasteiger partial charge in [-0.3, -0.25) is 0 Å². The number of rotatable bonds is 1. The van der Waals surface area contributed by atoms with Crippen molar-refractivity contribution < 1.29 is 0 Å². The van der Waals surface area contributed by atoms with E-state index in [1.165, 1.54) is 4.88 Å². The third-order valence-electron chi connectivity index (χ3n) is 1.78. The minimum absolute atomic E-state index is 0.711. The van der Waals surface area contributed by atoms with Gasteiger partial charge in [0.05, 0.1) is 0 Å². The topological polar surface area (TPSA) is 52.0 Å². The smallest absolute Gasteiger partial charge is 0.0344 e. The number of hydrogen-bond donors (Lipinski definition) is 2. The highest BCUT2D eigenvalue weighted by Crippen LogP contribution is 2.28. The maximum Gasteiger partial charge on any atom is 0.0344 e. The molecule has 0 aliphatic rings. The highest BCUT2D eigenvalue weighted by atomic mass is 32.1. The van der Waals surface area contributed by atoms with Gasteiger partial charge in [0.1, 0.15) is 0 Å². The van der Waals surface area contributed by atoms with Gasteiger partial charge < -0.3 is 11.5 Å². The summed E-state index contributed by atoms with van der Waals surface area (Å²) in [5, 5.41) is 2.04. The Balaban J connectivity index is 2.53. The molecule has 1 aromatic heterocycles. The molecule has 2 aromatic rings. The van der Waals surface area contributed by atoms with Crippen LogP contribution in [0, 0.1) is 0 Å². The first kappa shape index (κ1) is 8.13. The van der Waals surface area contributed by atoms with Crippen molar-refractivity contribution in [2.75, 3.05) is 11.5 Å². The number of nitrogens with two attached hydrogens (primary N) is 2. The van der Waals surface area contributed by atoms with Crippen LogP contribution < -0.4 is 11.5 Å². The summed E-state index contributed by atoms with van der Waals surface area (Å²) in [7, 11) is 0. The second-order valence-corrected chi connectivity index (χ2v) is 3.81. The SMILES string of the molecule is Nc1cc(N)cc(-c2cccs2)c1. The molecule has 0 aliphatic heterocycles. The lowest BCUT2D eigenvalue weighted by molar-refractivity contribution is 1.66. The Morgan fingerprint density at radius 3 is 2.23 bits per heavy atom. The zero-order valence-corrected chi connectivity index (χ0v) is 7.84. The van der Waals surface area contributed by atoms with Gasteiger partial charge in [-0.25, -0.2) is 0 Å². The van der Waals surface area contributed by atoms with Crippen molar-refractivity contribution in [2.45, 2.75) is 0 Å². The first-order chi connectivity index (χ1) is 6.25. The molecule has 13 heavy (non-hydrogen) atoms. The van der Waals surface area contributed by atoms with Crippen molar-refractivity contribution in [1.29, 1.82) is 0 Å². The molecule has 66 valence electrons. The summed E-state index contributed by atoms with van der Waals surface area (Å²) in [6.07, 6.45) is 0. The summed E-state index contributed by atoms with van der Waals surface area (Å²) in [5.41, 5.74) is 13.9. The Labute approximate surface area is 80.8 Å². The van der Waals surface area contributed by atoms with Crippen LogP contribution in [0.3, 0.4) is 0 Å². The number of nitrogen functional groups attached to an aromatic ring is 2. The van der Waals surface area contributed by atoms with Gasteiger partial charge in [-0.2, -0.15) is 0 Å². The molecule has 0 fully saturated rings. The van der Waals surface area contributed by atoms with Crippen LogP contribution in [-0.4, -0.2) is 0 Å². The van der Waals surface area contributed by atoms with Gasteiger partial charge in [0, 0.05) is 16.3 Å². The summed E-state index contributed by atoms with van der Waals surface area (Å²) in [6.45, 7) is 0. The normalized spacial score (nSPS) is 10.2. The Bertz CT molecular complexity index is 387. The molecule has 0 radical (unpaired) electrons. The quantitative estimate of drug-likeness (QED) is 0.679. The van der Waals surface area contributed by atoms with E-state index in [-0.39, 0.29) is 0 Å². The molecule has 0 atom stereocenters. The Hall–Kier alpha value is -1.48. The molecule has 4 N–H and O–H groups in total. The molecule has 0 spiro atoms. The van der Waals surface area contributed by atoms with Crippen LogP contribution in [0.4, 0.5) is 11.4 Å². The molecule has 0 bridgehead atoms.